The van der Waals surface area contributed by atoms with Crippen molar-refractivity contribution in [3.8, 4) is 6.07 Å². The normalized spacial score (nSPS) is 11.1. The fourth-order valence-corrected chi connectivity index (χ4v) is 4.12. The lowest BCUT2D eigenvalue weighted by atomic mass is 10.1. The summed E-state index contributed by atoms with van der Waals surface area (Å²) in [6.07, 6.45) is 1.59. The molecule has 0 atom stereocenters. The number of aryl methyl sites for hydroxylation is 1. The Labute approximate surface area is 139 Å². The van der Waals surface area contributed by atoms with Crippen molar-refractivity contribution in [2.75, 3.05) is 0 Å². The third kappa shape index (κ3) is 2.64. The Kier molecular flexibility index (Phi) is 3.84. The summed E-state index contributed by atoms with van der Waals surface area (Å²) < 4.78 is 25.4. The summed E-state index contributed by atoms with van der Waals surface area (Å²) in [6, 6.07) is 11.5. The second-order valence-corrected chi connectivity index (χ2v) is 7.47. The van der Waals surface area contributed by atoms with Gasteiger partial charge in [-0.1, -0.05) is 23.8 Å². The lowest BCUT2D eigenvalue weighted by Gasteiger charge is -2.08. The van der Waals surface area contributed by atoms with E-state index in [0.717, 1.165) is 10.9 Å². The number of rotatable bonds is 3. The van der Waals surface area contributed by atoms with Crippen LogP contribution in [0.4, 0.5) is 5.69 Å². The molecule has 0 aliphatic rings. The number of hydrogen-bond donors (Lipinski definition) is 1. The first-order valence-electron chi connectivity index (χ1n) is 7.16. The first kappa shape index (κ1) is 15.8. The molecule has 118 valence electrons. The van der Waals surface area contributed by atoms with Crippen LogP contribution >= 0.6 is 0 Å². The Morgan fingerprint density at radius 1 is 1.29 bits per heavy atom. The molecule has 1 N–H and O–H groups in total. The Morgan fingerprint density at radius 3 is 2.79 bits per heavy atom. The van der Waals surface area contributed by atoms with Crippen molar-refractivity contribution in [2.24, 2.45) is 0 Å². The van der Waals surface area contributed by atoms with Crippen molar-refractivity contribution in [2.45, 2.75) is 17.6 Å². The molecule has 0 bridgehead atoms. The highest BCUT2D eigenvalue weighted by Crippen LogP contribution is 2.32. The maximum absolute atomic E-state index is 12.7. The quantitative estimate of drug-likeness (QED) is 0.738. The van der Waals surface area contributed by atoms with Crippen LogP contribution < -0.4 is 0 Å². The number of nitriles is 1. The van der Waals surface area contributed by atoms with Crippen LogP contribution in [0.1, 0.15) is 16.7 Å². The maximum atomic E-state index is 12.7. The average molecular weight is 335 g/mol. The van der Waals surface area contributed by atoms with Crippen LogP contribution in [0.15, 0.2) is 47.5 Å². The average Bonchev–Trinajstić information content (AvgIpc) is 3.02. The Morgan fingerprint density at radius 2 is 2.08 bits per heavy atom. The summed E-state index contributed by atoms with van der Waals surface area (Å²) in [7, 11) is -3.60. The van der Waals surface area contributed by atoms with Gasteiger partial charge in [-0.2, -0.15) is 5.26 Å². The summed E-state index contributed by atoms with van der Waals surface area (Å²) in [4.78, 5) is 6.60. The number of fused-ring (bicyclic) bond motifs is 1. The van der Waals surface area contributed by atoms with Crippen LogP contribution in [0, 0.1) is 24.8 Å². The number of H-pyrrole nitrogens is 1. The van der Waals surface area contributed by atoms with E-state index in [0.29, 0.717) is 22.3 Å². The van der Waals surface area contributed by atoms with Gasteiger partial charge in [0.05, 0.1) is 28.9 Å². The summed E-state index contributed by atoms with van der Waals surface area (Å²) >= 11 is 0. The molecule has 0 spiro atoms. The van der Waals surface area contributed by atoms with Crippen LogP contribution in [0.25, 0.3) is 15.7 Å². The van der Waals surface area contributed by atoms with Gasteiger partial charge in [0.15, 0.2) is 9.84 Å². The number of sulfone groups is 1. The van der Waals surface area contributed by atoms with Gasteiger partial charge in [-0.3, -0.25) is 0 Å². The van der Waals surface area contributed by atoms with E-state index in [1.165, 1.54) is 12.1 Å². The smallest absolute Gasteiger partial charge is 0.212 e. The zero-order valence-electron chi connectivity index (χ0n) is 12.9. The Bertz CT molecular complexity index is 1130. The number of nitrogens with zero attached hydrogens (tertiary/aromatic N) is 2. The van der Waals surface area contributed by atoms with Gasteiger partial charge < -0.3 is 4.98 Å². The minimum atomic E-state index is -3.60. The van der Waals surface area contributed by atoms with Gasteiger partial charge in [0.25, 0.3) is 0 Å². The SMILES string of the molecule is [C-]#[N+]c1c[nH]c2c(CS(=O)(=O)c3cccc(C#N)c3)ccc(C)c12. The molecule has 24 heavy (non-hydrogen) atoms. The monoisotopic (exact) mass is 335 g/mol. The highest BCUT2D eigenvalue weighted by Gasteiger charge is 2.19. The summed E-state index contributed by atoms with van der Waals surface area (Å²) in [5.41, 5.74) is 2.98. The molecule has 0 saturated carbocycles. The van der Waals surface area contributed by atoms with Crippen LogP contribution in [0.3, 0.4) is 0 Å². The minimum absolute atomic E-state index is 0.118. The standard InChI is InChI=1S/C18H13N3O2S/c1-12-6-7-14(18-17(12)16(20-2)10-21-18)11-24(22,23)15-5-3-4-13(8-15)9-19/h3-8,10,21H,11H2,1H3. The van der Waals surface area contributed by atoms with Gasteiger partial charge in [-0.05, 0) is 30.7 Å². The first-order valence-corrected chi connectivity index (χ1v) is 8.81. The lowest BCUT2D eigenvalue weighted by molar-refractivity contribution is 0.595. The van der Waals surface area contributed by atoms with E-state index in [1.54, 1.807) is 24.4 Å². The second kappa shape index (κ2) is 5.84. The lowest BCUT2D eigenvalue weighted by Crippen LogP contribution is -2.06. The summed E-state index contributed by atoms with van der Waals surface area (Å²) in [5, 5.41) is 9.69. The number of benzene rings is 2. The van der Waals surface area contributed by atoms with Crippen LogP contribution in [0.2, 0.25) is 0 Å². The highest BCUT2D eigenvalue weighted by atomic mass is 32.2. The first-order chi connectivity index (χ1) is 11.5. The van der Waals surface area contributed by atoms with Crippen LogP contribution in [-0.4, -0.2) is 13.4 Å². The molecule has 0 aliphatic heterocycles. The molecule has 1 aromatic heterocycles. The third-order valence-corrected chi connectivity index (χ3v) is 5.56. The topological polar surface area (TPSA) is 78.1 Å². The molecular formula is C18H13N3O2S. The molecule has 5 nitrogen and oxygen atoms in total. The van der Waals surface area contributed by atoms with Crippen molar-refractivity contribution < 1.29 is 8.42 Å². The van der Waals surface area contributed by atoms with Gasteiger partial charge in [-0.15, -0.1) is 0 Å². The number of hydrogen-bond acceptors (Lipinski definition) is 3. The van der Waals surface area contributed by atoms with E-state index < -0.39 is 9.84 Å². The van der Waals surface area contributed by atoms with Crippen molar-refractivity contribution in [1.29, 1.82) is 5.26 Å². The minimum Gasteiger partial charge on any atom is -0.372 e. The van der Waals surface area contributed by atoms with Gasteiger partial charge >= 0.3 is 0 Å². The molecule has 0 radical (unpaired) electrons. The molecular weight excluding hydrogens is 322 g/mol. The predicted octanol–water partition coefficient (Wildman–Crippen LogP) is 3.87. The fourth-order valence-electron chi connectivity index (χ4n) is 2.71. The number of nitrogens with one attached hydrogen (secondary N) is 1. The van der Waals surface area contributed by atoms with E-state index in [2.05, 4.69) is 9.83 Å². The Balaban J connectivity index is 2.10. The number of aromatic amines is 1. The molecule has 6 heteroatoms. The van der Waals surface area contributed by atoms with Crippen LogP contribution in [-0.2, 0) is 15.6 Å². The van der Waals surface area contributed by atoms with Gasteiger partial charge in [0.1, 0.15) is 0 Å². The molecule has 0 fully saturated rings. The summed E-state index contributed by atoms with van der Waals surface area (Å²) in [6.45, 7) is 9.11. The molecule has 0 aliphatic carbocycles. The molecule has 0 saturated heterocycles. The Hall–Kier alpha value is -3.09. The van der Waals surface area contributed by atoms with E-state index in [4.69, 9.17) is 11.8 Å². The zero-order valence-corrected chi connectivity index (χ0v) is 13.7. The van der Waals surface area contributed by atoms with Gasteiger partial charge in [0, 0.05) is 17.1 Å². The van der Waals surface area contributed by atoms with E-state index in [1.807, 2.05) is 19.1 Å². The molecule has 2 aromatic carbocycles. The fraction of sp³-hybridized carbons (Fsp3) is 0.111. The van der Waals surface area contributed by atoms with Crippen molar-refractivity contribution in [3.05, 3.63) is 70.7 Å². The van der Waals surface area contributed by atoms with Crippen molar-refractivity contribution >= 4 is 26.4 Å². The molecule has 1 heterocycles. The molecule has 3 rings (SSSR count). The van der Waals surface area contributed by atoms with E-state index in [-0.39, 0.29) is 10.6 Å². The van der Waals surface area contributed by atoms with Crippen molar-refractivity contribution in [1.82, 2.24) is 4.98 Å². The molecule has 0 unspecified atom stereocenters. The third-order valence-electron chi connectivity index (χ3n) is 3.90. The number of aromatic nitrogens is 1. The molecule has 0 amide bonds. The maximum Gasteiger partial charge on any atom is 0.212 e. The van der Waals surface area contributed by atoms with E-state index in [9.17, 15) is 8.42 Å². The molecule has 3 aromatic rings. The van der Waals surface area contributed by atoms with Crippen molar-refractivity contribution in [3.63, 3.8) is 0 Å². The highest BCUT2D eigenvalue weighted by molar-refractivity contribution is 7.90. The summed E-state index contributed by atoms with van der Waals surface area (Å²) in [5.74, 6) is -0.198. The zero-order chi connectivity index (χ0) is 17.3. The predicted molar refractivity (Wildman–Crippen MR) is 91.3 cm³/mol. The van der Waals surface area contributed by atoms with E-state index >= 15 is 0 Å². The largest absolute Gasteiger partial charge is 0.372 e. The van der Waals surface area contributed by atoms with Gasteiger partial charge in [-0.25, -0.2) is 13.3 Å². The van der Waals surface area contributed by atoms with Gasteiger partial charge in [0.2, 0.25) is 5.69 Å². The van der Waals surface area contributed by atoms with Crippen LogP contribution in [0.5, 0.6) is 0 Å². The second-order valence-electron chi connectivity index (χ2n) is 5.48.